The molecule has 7 heteroatoms. The van der Waals surface area contributed by atoms with Crippen molar-refractivity contribution >= 4 is 29.3 Å². The van der Waals surface area contributed by atoms with Gasteiger partial charge in [0.15, 0.2) is 0 Å². The zero-order chi connectivity index (χ0) is 5.21. The van der Waals surface area contributed by atoms with Crippen molar-refractivity contribution in [2.45, 2.75) is 0 Å². The topological polar surface area (TPSA) is 63.6 Å². The van der Waals surface area contributed by atoms with E-state index < -0.39 is 10.4 Å². The second kappa shape index (κ2) is 3.41. The molecule has 4 nitrogen and oxygen atoms in total. The summed E-state index contributed by atoms with van der Waals surface area (Å²) >= 11 is 0. The molecule has 0 bridgehead atoms. The van der Waals surface area contributed by atoms with E-state index in [1.165, 1.54) is 0 Å². The number of hydrogen-bond donors (Lipinski definition) is 1. The second-order valence-electron chi connectivity index (χ2n) is 0.491. The van der Waals surface area contributed by atoms with Gasteiger partial charge in [-0.3, -0.25) is 4.55 Å². The summed E-state index contributed by atoms with van der Waals surface area (Å²) in [6.07, 6.45) is 0. The zero-order valence-electron chi connectivity index (χ0n) is 2.46. The third kappa shape index (κ3) is 10.7. The SMILES string of the molecule is O=S(=O)(O)OF.[LiH]. The minimum atomic E-state index is -4.83. The van der Waals surface area contributed by atoms with Gasteiger partial charge in [-0.1, -0.05) is 0 Å². The number of rotatable bonds is 1. The van der Waals surface area contributed by atoms with Gasteiger partial charge < -0.3 is 0 Å². The van der Waals surface area contributed by atoms with Gasteiger partial charge in [-0.05, 0) is 8.91 Å². The van der Waals surface area contributed by atoms with E-state index >= 15 is 0 Å². The quantitative estimate of drug-likeness (QED) is 0.361. The molecule has 0 aromatic heterocycles. The molecule has 0 rings (SSSR count). The first kappa shape index (κ1) is 10.4. The molecule has 0 spiro atoms. The molecule has 0 amide bonds. The molecule has 0 radical (unpaired) electrons. The third-order valence-corrected chi connectivity index (χ3v) is 0.239. The van der Waals surface area contributed by atoms with E-state index in [1.54, 1.807) is 0 Å². The van der Waals surface area contributed by atoms with E-state index in [1.807, 2.05) is 4.39 Å². The Bertz CT molecular complexity index is 114. The summed E-state index contributed by atoms with van der Waals surface area (Å²) in [5.41, 5.74) is 0. The Morgan fingerprint density at radius 2 is 1.71 bits per heavy atom. The molecule has 0 aliphatic carbocycles. The van der Waals surface area contributed by atoms with E-state index in [4.69, 9.17) is 13.0 Å². The fourth-order valence-corrected chi connectivity index (χ4v) is 0. The summed E-state index contributed by atoms with van der Waals surface area (Å²) in [6, 6.07) is 0. The Balaban J connectivity index is 0. The first-order valence-corrected chi connectivity index (χ1v) is 2.20. The van der Waals surface area contributed by atoms with Gasteiger partial charge in [0.25, 0.3) is 0 Å². The van der Waals surface area contributed by atoms with Crippen LogP contribution in [0.3, 0.4) is 0 Å². The Hall–Kier alpha value is 0.397. The molecule has 0 heterocycles. The van der Waals surface area contributed by atoms with Crippen LogP contribution < -0.4 is 0 Å². The van der Waals surface area contributed by atoms with E-state index in [0.29, 0.717) is 0 Å². The van der Waals surface area contributed by atoms with E-state index in [2.05, 4.69) is 0 Å². The molecule has 0 aromatic rings. The van der Waals surface area contributed by atoms with Crippen LogP contribution in [0.4, 0.5) is 4.53 Å². The molecular formula is H2FLiO4S. The van der Waals surface area contributed by atoms with Gasteiger partial charge in [-0.15, -0.1) is 0 Å². The second-order valence-corrected chi connectivity index (χ2v) is 1.47. The molecule has 40 valence electrons. The van der Waals surface area contributed by atoms with Crippen LogP contribution in [0.1, 0.15) is 0 Å². The molecule has 0 unspecified atom stereocenters. The van der Waals surface area contributed by atoms with Crippen LogP contribution in [0, 0.1) is 0 Å². The zero-order valence-corrected chi connectivity index (χ0v) is 3.27. The molecule has 0 aliphatic rings. The summed E-state index contributed by atoms with van der Waals surface area (Å²) < 4.78 is 37.2. The maximum atomic E-state index is 10.2. The van der Waals surface area contributed by atoms with Gasteiger partial charge in [-0.2, -0.15) is 8.42 Å². The van der Waals surface area contributed by atoms with Crippen molar-refractivity contribution in [3.05, 3.63) is 0 Å². The number of hydrogen-bond acceptors (Lipinski definition) is 3. The fraction of sp³-hybridized carbons (Fsp3) is 0. The van der Waals surface area contributed by atoms with Crippen molar-refractivity contribution in [3.8, 4) is 0 Å². The predicted octanol–water partition coefficient (Wildman–Crippen LogP) is -0.958. The van der Waals surface area contributed by atoms with Crippen molar-refractivity contribution in [3.63, 3.8) is 0 Å². The van der Waals surface area contributed by atoms with Gasteiger partial charge in [0.2, 0.25) is 0 Å². The summed E-state index contributed by atoms with van der Waals surface area (Å²) in [5, 5.41) is 0. The standard InChI is InChI=1S/FHO4S.Li.H/c1-5-6(2,3)4;;/h(H,2,3,4);;. The van der Waals surface area contributed by atoms with Crippen LogP contribution in [-0.4, -0.2) is 31.8 Å². The van der Waals surface area contributed by atoms with Crippen LogP contribution in [0.25, 0.3) is 0 Å². The Labute approximate surface area is 51.7 Å². The normalized spacial score (nSPS) is 10.0. The van der Waals surface area contributed by atoms with E-state index in [-0.39, 0.29) is 18.9 Å². The van der Waals surface area contributed by atoms with E-state index in [9.17, 15) is 4.53 Å². The summed E-state index contributed by atoms with van der Waals surface area (Å²) in [4.78, 5) is 0. The minimum absolute atomic E-state index is 0. The van der Waals surface area contributed by atoms with E-state index in [0.717, 1.165) is 0 Å². The van der Waals surface area contributed by atoms with Crippen molar-refractivity contribution in [1.29, 1.82) is 0 Å². The van der Waals surface area contributed by atoms with Gasteiger partial charge >= 0.3 is 29.3 Å². The fourth-order valence-electron chi connectivity index (χ4n) is 0. The molecule has 7 heavy (non-hydrogen) atoms. The Morgan fingerprint density at radius 3 is 1.71 bits per heavy atom. The average molecular weight is 124 g/mol. The third-order valence-electron chi connectivity index (χ3n) is 0.0796. The van der Waals surface area contributed by atoms with Gasteiger partial charge in [-0.25, -0.2) is 0 Å². The molecule has 0 saturated carbocycles. The first-order valence-electron chi connectivity index (χ1n) is 0.837. The summed E-state index contributed by atoms with van der Waals surface area (Å²) in [7, 11) is -4.83. The summed E-state index contributed by atoms with van der Waals surface area (Å²) in [5.74, 6) is 0. The molecule has 0 aromatic carbocycles. The van der Waals surface area contributed by atoms with Crippen molar-refractivity contribution < 1.29 is 21.9 Å². The molecular weight excluding hydrogens is 122 g/mol. The molecule has 0 saturated heterocycles. The number of halogens is 1. The molecule has 1 N–H and O–H groups in total. The Morgan fingerprint density at radius 1 is 1.57 bits per heavy atom. The molecule has 0 fully saturated rings. The van der Waals surface area contributed by atoms with Crippen LogP contribution in [0.2, 0.25) is 0 Å². The van der Waals surface area contributed by atoms with Crippen LogP contribution in [0.15, 0.2) is 0 Å². The summed E-state index contributed by atoms with van der Waals surface area (Å²) in [6.45, 7) is 0. The van der Waals surface area contributed by atoms with Crippen molar-refractivity contribution in [2.75, 3.05) is 0 Å². The van der Waals surface area contributed by atoms with Gasteiger partial charge in [0.05, 0.1) is 0 Å². The van der Waals surface area contributed by atoms with Crippen molar-refractivity contribution in [2.24, 2.45) is 0 Å². The average Bonchev–Trinajstić information content (AvgIpc) is 1.35. The maximum absolute atomic E-state index is 10.2. The van der Waals surface area contributed by atoms with Gasteiger partial charge in [0.1, 0.15) is 0 Å². The van der Waals surface area contributed by atoms with Gasteiger partial charge in [0, 0.05) is 0 Å². The van der Waals surface area contributed by atoms with Crippen LogP contribution in [0.5, 0.6) is 0 Å². The first-order chi connectivity index (χ1) is 2.56. The Kier molecular flexibility index (Phi) is 5.06. The predicted molar refractivity (Wildman–Crippen MR) is 20.9 cm³/mol. The van der Waals surface area contributed by atoms with Crippen molar-refractivity contribution in [1.82, 2.24) is 0 Å². The monoisotopic (exact) mass is 124 g/mol. The van der Waals surface area contributed by atoms with Crippen LogP contribution in [-0.2, 0) is 14.8 Å². The molecule has 0 atom stereocenters. The molecule has 0 aliphatic heterocycles. The van der Waals surface area contributed by atoms with Crippen LogP contribution >= 0.6 is 0 Å².